The number of methoxy groups -OCH3 is 1. The number of carbonyl (C=O) groups excluding carboxylic acids is 1. The average molecular weight is 287 g/mol. The first-order valence-electron chi connectivity index (χ1n) is 6.92. The van der Waals surface area contributed by atoms with Gasteiger partial charge in [-0.25, -0.2) is 4.79 Å². The first-order valence-corrected chi connectivity index (χ1v) is 7.30. The van der Waals surface area contributed by atoms with E-state index in [4.69, 9.17) is 11.6 Å². The summed E-state index contributed by atoms with van der Waals surface area (Å²) in [6.45, 7) is 8.34. The average Bonchev–Trinajstić information content (AvgIpc) is 2.36. The van der Waals surface area contributed by atoms with Crippen molar-refractivity contribution in [3.63, 3.8) is 0 Å². The smallest absolute Gasteiger partial charge is 0.330 e. The van der Waals surface area contributed by atoms with Crippen molar-refractivity contribution in [2.24, 2.45) is 5.92 Å². The van der Waals surface area contributed by atoms with Crippen molar-refractivity contribution in [3.05, 3.63) is 23.8 Å². The summed E-state index contributed by atoms with van der Waals surface area (Å²) in [5, 5.41) is 0. The molecule has 0 aromatic rings. The molecular weight excluding hydrogens is 260 g/mol. The third-order valence-corrected chi connectivity index (χ3v) is 3.82. The van der Waals surface area contributed by atoms with Crippen LogP contribution in [0.15, 0.2) is 23.8 Å². The summed E-state index contributed by atoms with van der Waals surface area (Å²) in [5.41, 5.74) is 0.912. The van der Waals surface area contributed by atoms with Crippen LogP contribution < -0.4 is 0 Å². The molecular formula is C16H27ClO2. The highest BCUT2D eigenvalue weighted by molar-refractivity contribution is 6.23. The standard InChI is InChI=1S/C16H27ClO2/c1-6-16(4,17)11-10-13(2)8-7-9-14(3)12-15(18)19-5/h7,9,12-13H,6,8,10-11H2,1-5H3/b9-7+,14-12+. The van der Waals surface area contributed by atoms with Crippen LogP contribution in [0.5, 0.6) is 0 Å². The molecule has 0 aliphatic carbocycles. The molecule has 0 radical (unpaired) electrons. The van der Waals surface area contributed by atoms with Gasteiger partial charge in [-0.15, -0.1) is 11.6 Å². The lowest BCUT2D eigenvalue weighted by Crippen LogP contribution is -2.15. The predicted octanol–water partition coefficient (Wildman–Crippen LogP) is 4.88. The number of rotatable bonds is 8. The molecule has 2 nitrogen and oxygen atoms in total. The van der Waals surface area contributed by atoms with Gasteiger partial charge in [-0.1, -0.05) is 26.0 Å². The summed E-state index contributed by atoms with van der Waals surface area (Å²) in [6, 6.07) is 0. The fourth-order valence-electron chi connectivity index (χ4n) is 1.62. The maximum absolute atomic E-state index is 11.0. The van der Waals surface area contributed by atoms with Gasteiger partial charge in [-0.2, -0.15) is 0 Å². The maximum Gasteiger partial charge on any atom is 0.330 e. The predicted molar refractivity (Wildman–Crippen MR) is 82.5 cm³/mol. The van der Waals surface area contributed by atoms with Crippen molar-refractivity contribution in [1.29, 1.82) is 0 Å². The summed E-state index contributed by atoms with van der Waals surface area (Å²) >= 11 is 6.34. The van der Waals surface area contributed by atoms with Crippen LogP contribution in [0.2, 0.25) is 0 Å². The zero-order valence-corrected chi connectivity index (χ0v) is 13.6. The maximum atomic E-state index is 11.0. The lowest BCUT2D eigenvalue weighted by molar-refractivity contribution is -0.134. The van der Waals surface area contributed by atoms with Crippen LogP contribution in [0.25, 0.3) is 0 Å². The topological polar surface area (TPSA) is 26.3 Å². The Bertz CT molecular complexity index is 330. The quantitative estimate of drug-likeness (QED) is 0.275. The second-order valence-electron chi connectivity index (χ2n) is 5.46. The summed E-state index contributed by atoms with van der Waals surface area (Å²) in [6.07, 6.45) is 9.73. The minimum atomic E-state index is -0.309. The molecule has 0 aromatic carbocycles. The van der Waals surface area contributed by atoms with Crippen LogP contribution in [-0.2, 0) is 9.53 Å². The Morgan fingerprint density at radius 1 is 1.47 bits per heavy atom. The normalized spacial score (nSPS) is 17.3. The second-order valence-corrected chi connectivity index (χ2v) is 6.37. The van der Waals surface area contributed by atoms with Crippen molar-refractivity contribution in [2.45, 2.75) is 58.3 Å². The Kier molecular flexibility index (Phi) is 8.82. The van der Waals surface area contributed by atoms with Crippen LogP contribution in [0.4, 0.5) is 0 Å². The number of carbonyl (C=O) groups is 1. The fourth-order valence-corrected chi connectivity index (χ4v) is 1.73. The number of halogens is 1. The molecule has 2 unspecified atom stereocenters. The lowest BCUT2D eigenvalue weighted by Gasteiger charge is -2.21. The van der Waals surface area contributed by atoms with Gasteiger partial charge in [0.25, 0.3) is 0 Å². The van der Waals surface area contributed by atoms with E-state index in [1.165, 1.54) is 13.2 Å². The number of hydrogen-bond donors (Lipinski definition) is 0. The second kappa shape index (κ2) is 9.19. The summed E-state index contributed by atoms with van der Waals surface area (Å²) < 4.78 is 4.57. The van der Waals surface area contributed by atoms with E-state index in [-0.39, 0.29) is 10.8 Å². The molecule has 0 aliphatic rings. The van der Waals surface area contributed by atoms with Gasteiger partial charge in [0.1, 0.15) is 0 Å². The van der Waals surface area contributed by atoms with Crippen LogP contribution in [0, 0.1) is 5.92 Å². The van der Waals surface area contributed by atoms with Gasteiger partial charge in [0, 0.05) is 11.0 Å². The molecule has 0 bridgehead atoms. The Morgan fingerprint density at radius 2 is 2.11 bits per heavy atom. The number of alkyl halides is 1. The Balaban J connectivity index is 4.06. The summed E-state index contributed by atoms with van der Waals surface area (Å²) in [4.78, 5) is 10.9. The van der Waals surface area contributed by atoms with E-state index in [0.29, 0.717) is 5.92 Å². The van der Waals surface area contributed by atoms with E-state index in [9.17, 15) is 4.79 Å². The molecule has 0 fully saturated rings. The minimum absolute atomic E-state index is 0.0708. The van der Waals surface area contributed by atoms with Crippen molar-refractivity contribution in [1.82, 2.24) is 0 Å². The third kappa shape index (κ3) is 9.77. The molecule has 110 valence electrons. The van der Waals surface area contributed by atoms with Gasteiger partial charge in [-0.05, 0) is 51.0 Å². The fraction of sp³-hybridized carbons (Fsp3) is 0.688. The molecule has 0 aromatic heterocycles. The van der Waals surface area contributed by atoms with Crippen LogP contribution in [-0.4, -0.2) is 18.0 Å². The van der Waals surface area contributed by atoms with Crippen LogP contribution in [0.1, 0.15) is 53.4 Å². The molecule has 0 rings (SSSR count). The third-order valence-electron chi connectivity index (χ3n) is 3.36. The van der Waals surface area contributed by atoms with E-state index < -0.39 is 0 Å². The number of esters is 1. The first-order chi connectivity index (χ1) is 8.80. The van der Waals surface area contributed by atoms with Crippen molar-refractivity contribution >= 4 is 17.6 Å². The van der Waals surface area contributed by atoms with E-state index in [1.807, 2.05) is 13.0 Å². The van der Waals surface area contributed by atoms with Crippen LogP contribution in [0.3, 0.4) is 0 Å². The SMILES string of the molecule is CCC(C)(Cl)CCC(C)C/C=C/C(C)=C/C(=O)OC. The molecule has 0 saturated carbocycles. The molecule has 0 N–H and O–H groups in total. The van der Waals surface area contributed by atoms with Crippen molar-refractivity contribution in [3.8, 4) is 0 Å². The van der Waals surface area contributed by atoms with Gasteiger partial charge in [-0.3, -0.25) is 0 Å². The van der Waals surface area contributed by atoms with Gasteiger partial charge in [0.05, 0.1) is 7.11 Å². The van der Waals surface area contributed by atoms with Crippen LogP contribution >= 0.6 is 11.6 Å². The molecule has 0 amide bonds. The lowest BCUT2D eigenvalue weighted by atomic mass is 9.93. The highest BCUT2D eigenvalue weighted by Crippen LogP contribution is 2.27. The Morgan fingerprint density at radius 3 is 2.63 bits per heavy atom. The van der Waals surface area contributed by atoms with Gasteiger partial charge < -0.3 is 4.74 Å². The highest BCUT2D eigenvalue weighted by Gasteiger charge is 2.18. The van der Waals surface area contributed by atoms with E-state index >= 15 is 0 Å². The van der Waals surface area contributed by atoms with Gasteiger partial charge in [0.2, 0.25) is 0 Å². The molecule has 0 saturated heterocycles. The molecule has 0 aliphatic heterocycles. The Labute approximate surface area is 122 Å². The summed E-state index contributed by atoms with van der Waals surface area (Å²) in [5.74, 6) is 0.294. The molecule has 3 heteroatoms. The van der Waals surface area contributed by atoms with Gasteiger partial charge in [0.15, 0.2) is 0 Å². The van der Waals surface area contributed by atoms with Gasteiger partial charge >= 0.3 is 5.97 Å². The van der Waals surface area contributed by atoms with E-state index in [0.717, 1.165) is 31.3 Å². The zero-order valence-electron chi connectivity index (χ0n) is 12.8. The monoisotopic (exact) mass is 286 g/mol. The van der Waals surface area contributed by atoms with Crippen molar-refractivity contribution < 1.29 is 9.53 Å². The highest BCUT2D eigenvalue weighted by atomic mass is 35.5. The minimum Gasteiger partial charge on any atom is -0.466 e. The molecule has 0 spiro atoms. The number of ether oxygens (including phenoxy) is 1. The number of hydrogen-bond acceptors (Lipinski definition) is 2. The largest absolute Gasteiger partial charge is 0.466 e. The molecule has 2 atom stereocenters. The summed E-state index contributed by atoms with van der Waals surface area (Å²) in [7, 11) is 1.38. The molecule has 19 heavy (non-hydrogen) atoms. The van der Waals surface area contributed by atoms with E-state index in [1.54, 1.807) is 0 Å². The molecule has 0 heterocycles. The first kappa shape index (κ1) is 18.2. The zero-order chi connectivity index (χ0) is 14.9. The Hall–Kier alpha value is -0.760. The van der Waals surface area contributed by atoms with E-state index in [2.05, 4.69) is 31.6 Å². The van der Waals surface area contributed by atoms with Crippen molar-refractivity contribution in [2.75, 3.05) is 7.11 Å². The number of allylic oxidation sites excluding steroid dienone is 3.